The summed E-state index contributed by atoms with van der Waals surface area (Å²) in [4.78, 5) is 11.2. The summed E-state index contributed by atoms with van der Waals surface area (Å²) in [5, 5.41) is 3.43. The number of Topliss-reactive ketones (excluding diaryl/α,β-unsaturated/α-hetero) is 1. The fourth-order valence-electron chi connectivity index (χ4n) is 2.40. The van der Waals surface area contributed by atoms with E-state index >= 15 is 0 Å². The van der Waals surface area contributed by atoms with Gasteiger partial charge in [-0.05, 0) is 37.3 Å². The van der Waals surface area contributed by atoms with E-state index in [2.05, 4.69) is 24.4 Å². The minimum Gasteiger partial charge on any atom is -0.316 e. The molecule has 0 aromatic heterocycles. The molecule has 0 amide bonds. The van der Waals surface area contributed by atoms with Gasteiger partial charge in [0.1, 0.15) is 0 Å². The second-order valence-corrected chi connectivity index (χ2v) is 4.75. The van der Waals surface area contributed by atoms with Crippen LogP contribution in [-0.2, 0) is 0 Å². The van der Waals surface area contributed by atoms with Crippen LogP contribution < -0.4 is 5.32 Å². The topological polar surface area (TPSA) is 29.1 Å². The third-order valence-corrected chi connectivity index (χ3v) is 3.57. The molecule has 1 aliphatic rings. The second-order valence-electron chi connectivity index (χ2n) is 4.75. The van der Waals surface area contributed by atoms with Gasteiger partial charge < -0.3 is 5.32 Å². The molecule has 16 heavy (non-hydrogen) atoms. The van der Waals surface area contributed by atoms with Gasteiger partial charge in [-0.3, -0.25) is 4.79 Å². The predicted octanol–water partition coefficient (Wildman–Crippen LogP) is 2.60. The van der Waals surface area contributed by atoms with Crippen LogP contribution in [0.3, 0.4) is 0 Å². The van der Waals surface area contributed by atoms with Crippen molar-refractivity contribution in [2.75, 3.05) is 13.1 Å². The Kier molecular flexibility index (Phi) is 3.39. The van der Waals surface area contributed by atoms with E-state index in [0.29, 0.717) is 5.92 Å². The highest BCUT2D eigenvalue weighted by Crippen LogP contribution is 2.28. The summed E-state index contributed by atoms with van der Waals surface area (Å²) in [6, 6.07) is 8.09. The first-order chi connectivity index (χ1) is 7.68. The first-order valence-electron chi connectivity index (χ1n) is 6.00. The Morgan fingerprint density at radius 2 is 2.00 bits per heavy atom. The lowest BCUT2D eigenvalue weighted by Crippen LogP contribution is -2.33. The molecule has 2 nitrogen and oxygen atoms in total. The number of carbonyl (C=O) groups excluding carboxylic acids is 1. The summed E-state index contributed by atoms with van der Waals surface area (Å²) in [5.74, 6) is 1.46. The number of nitrogens with one attached hydrogen (secondary N) is 1. The molecule has 0 saturated carbocycles. The number of ketones is 1. The van der Waals surface area contributed by atoms with Crippen molar-refractivity contribution in [2.24, 2.45) is 5.92 Å². The van der Waals surface area contributed by atoms with E-state index in [-0.39, 0.29) is 5.78 Å². The van der Waals surface area contributed by atoms with E-state index in [1.165, 1.54) is 12.0 Å². The van der Waals surface area contributed by atoms with Crippen LogP contribution in [0.2, 0.25) is 0 Å². The monoisotopic (exact) mass is 217 g/mol. The van der Waals surface area contributed by atoms with Gasteiger partial charge >= 0.3 is 0 Å². The van der Waals surface area contributed by atoms with Gasteiger partial charge in [-0.15, -0.1) is 0 Å². The van der Waals surface area contributed by atoms with Crippen LogP contribution >= 0.6 is 0 Å². The van der Waals surface area contributed by atoms with Crippen LogP contribution in [-0.4, -0.2) is 18.9 Å². The Morgan fingerprint density at radius 1 is 1.31 bits per heavy atom. The number of hydrogen-bond acceptors (Lipinski definition) is 2. The Morgan fingerprint density at radius 3 is 2.56 bits per heavy atom. The van der Waals surface area contributed by atoms with Crippen molar-refractivity contribution in [1.82, 2.24) is 5.32 Å². The molecule has 1 aromatic rings. The van der Waals surface area contributed by atoms with Gasteiger partial charge in [0.05, 0.1) is 0 Å². The molecule has 1 saturated heterocycles. The summed E-state index contributed by atoms with van der Waals surface area (Å²) in [6.07, 6.45) is 1.24. The van der Waals surface area contributed by atoms with Crippen molar-refractivity contribution < 1.29 is 4.79 Å². The Hall–Kier alpha value is -1.15. The average Bonchev–Trinajstić information content (AvgIpc) is 2.30. The molecule has 1 fully saturated rings. The molecule has 0 spiro atoms. The maximum absolute atomic E-state index is 11.2. The van der Waals surface area contributed by atoms with Crippen LogP contribution in [0.25, 0.3) is 0 Å². The van der Waals surface area contributed by atoms with Crippen molar-refractivity contribution in [2.45, 2.75) is 26.2 Å². The number of piperidine rings is 1. The normalized spacial score (nSPS) is 25.4. The first-order valence-corrected chi connectivity index (χ1v) is 6.00. The van der Waals surface area contributed by atoms with E-state index in [4.69, 9.17) is 0 Å². The lowest BCUT2D eigenvalue weighted by atomic mass is 9.82. The SMILES string of the molecule is CC(=O)c1ccc(C2CNCCC2C)cc1. The summed E-state index contributed by atoms with van der Waals surface area (Å²) < 4.78 is 0. The Balaban J connectivity index is 2.17. The van der Waals surface area contributed by atoms with Crippen molar-refractivity contribution in [3.05, 3.63) is 35.4 Å². The lowest BCUT2D eigenvalue weighted by molar-refractivity contribution is 0.101. The minimum atomic E-state index is 0.140. The van der Waals surface area contributed by atoms with Gasteiger partial charge in [0, 0.05) is 12.1 Å². The van der Waals surface area contributed by atoms with Crippen molar-refractivity contribution in [3.8, 4) is 0 Å². The number of benzene rings is 1. The molecular weight excluding hydrogens is 198 g/mol. The molecule has 0 bridgehead atoms. The molecule has 0 radical (unpaired) electrons. The standard InChI is InChI=1S/C14H19NO/c1-10-7-8-15-9-14(10)13-5-3-12(4-6-13)11(2)16/h3-6,10,14-15H,7-9H2,1-2H3. The average molecular weight is 217 g/mol. The van der Waals surface area contributed by atoms with Crippen LogP contribution in [0.5, 0.6) is 0 Å². The molecule has 2 atom stereocenters. The summed E-state index contributed by atoms with van der Waals surface area (Å²) in [6.45, 7) is 6.11. The summed E-state index contributed by atoms with van der Waals surface area (Å²) >= 11 is 0. The van der Waals surface area contributed by atoms with Gasteiger partial charge in [0.15, 0.2) is 5.78 Å². The zero-order valence-electron chi connectivity index (χ0n) is 9.99. The first kappa shape index (κ1) is 11.3. The fourth-order valence-corrected chi connectivity index (χ4v) is 2.40. The minimum absolute atomic E-state index is 0.140. The molecule has 86 valence electrons. The van der Waals surface area contributed by atoms with E-state index in [0.717, 1.165) is 24.6 Å². The molecule has 1 N–H and O–H groups in total. The summed E-state index contributed by atoms with van der Waals surface area (Å²) in [7, 11) is 0. The molecule has 1 aliphatic heterocycles. The van der Waals surface area contributed by atoms with Gasteiger partial charge in [0.25, 0.3) is 0 Å². The van der Waals surface area contributed by atoms with E-state index in [1.807, 2.05) is 12.1 Å². The quantitative estimate of drug-likeness (QED) is 0.771. The largest absolute Gasteiger partial charge is 0.316 e. The summed E-state index contributed by atoms with van der Waals surface area (Å²) in [5.41, 5.74) is 2.16. The van der Waals surface area contributed by atoms with E-state index in [9.17, 15) is 4.79 Å². The van der Waals surface area contributed by atoms with Gasteiger partial charge in [-0.2, -0.15) is 0 Å². The van der Waals surface area contributed by atoms with Crippen LogP contribution in [0, 0.1) is 5.92 Å². The fraction of sp³-hybridized carbons (Fsp3) is 0.500. The van der Waals surface area contributed by atoms with Crippen molar-refractivity contribution in [3.63, 3.8) is 0 Å². The number of hydrogen-bond donors (Lipinski definition) is 1. The molecule has 1 heterocycles. The number of rotatable bonds is 2. The van der Waals surface area contributed by atoms with Crippen LogP contribution in [0.15, 0.2) is 24.3 Å². The van der Waals surface area contributed by atoms with Gasteiger partial charge in [-0.1, -0.05) is 31.2 Å². The predicted molar refractivity (Wildman–Crippen MR) is 65.8 cm³/mol. The molecule has 1 aromatic carbocycles. The van der Waals surface area contributed by atoms with Crippen molar-refractivity contribution in [1.29, 1.82) is 0 Å². The highest BCUT2D eigenvalue weighted by Gasteiger charge is 2.22. The van der Waals surface area contributed by atoms with E-state index < -0.39 is 0 Å². The zero-order chi connectivity index (χ0) is 11.5. The van der Waals surface area contributed by atoms with Crippen LogP contribution in [0.1, 0.15) is 42.1 Å². The second kappa shape index (κ2) is 4.79. The van der Waals surface area contributed by atoms with Gasteiger partial charge in [-0.25, -0.2) is 0 Å². The third-order valence-electron chi connectivity index (χ3n) is 3.57. The van der Waals surface area contributed by atoms with Gasteiger partial charge in [0.2, 0.25) is 0 Å². The molecule has 2 unspecified atom stereocenters. The van der Waals surface area contributed by atoms with Crippen LogP contribution in [0.4, 0.5) is 0 Å². The molecule has 2 rings (SSSR count). The van der Waals surface area contributed by atoms with E-state index in [1.54, 1.807) is 6.92 Å². The third kappa shape index (κ3) is 2.33. The zero-order valence-corrected chi connectivity index (χ0v) is 9.99. The molecule has 0 aliphatic carbocycles. The highest BCUT2D eigenvalue weighted by atomic mass is 16.1. The Labute approximate surface area is 97.1 Å². The molecular formula is C14H19NO. The maximum Gasteiger partial charge on any atom is 0.159 e. The maximum atomic E-state index is 11.2. The molecule has 2 heteroatoms. The Bertz CT molecular complexity index is 369. The number of carbonyl (C=O) groups is 1. The smallest absolute Gasteiger partial charge is 0.159 e. The lowest BCUT2D eigenvalue weighted by Gasteiger charge is -2.29. The highest BCUT2D eigenvalue weighted by molar-refractivity contribution is 5.94. The van der Waals surface area contributed by atoms with Crippen molar-refractivity contribution >= 4 is 5.78 Å².